The first-order chi connectivity index (χ1) is 12.8. The number of hydrogen-bond donors (Lipinski definition) is 1. The standard InChI is InChI=1S/C22H26ClNO3/c1-5-6-7-27-19-10-14-9-15(12(2)3)17-11-18(22(25)26)21(23)24-20(17)16(14)8-13(19)4/h8,10-12,15H,5-7,9H2,1-4H3,(H,25,26). The van der Waals surface area contributed by atoms with Gasteiger partial charge in [-0.25, -0.2) is 9.78 Å². The summed E-state index contributed by atoms with van der Waals surface area (Å²) in [6.45, 7) is 9.20. The van der Waals surface area contributed by atoms with Crippen LogP contribution in [0.3, 0.4) is 0 Å². The van der Waals surface area contributed by atoms with Crippen LogP contribution in [0.25, 0.3) is 11.3 Å². The van der Waals surface area contributed by atoms with Gasteiger partial charge in [0.2, 0.25) is 0 Å². The molecule has 27 heavy (non-hydrogen) atoms. The highest BCUT2D eigenvalue weighted by Crippen LogP contribution is 2.45. The van der Waals surface area contributed by atoms with Crippen LogP contribution in [0.2, 0.25) is 5.15 Å². The second kappa shape index (κ2) is 7.89. The minimum Gasteiger partial charge on any atom is -0.493 e. The van der Waals surface area contributed by atoms with Gasteiger partial charge in [-0.2, -0.15) is 0 Å². The van der Waals surface area contributed by atoms with E-state index in [0.717, 1.165) is 47.4 Å². The van der Waals surface area contributed by atoms with E-state index >= 15 is 0 Å². The summed E-state index contributed by atoms with van der Waals surface area (Å²) < 4.78 is 5.98. The number of ether oxygens (including phenoxy) is 1. The molecule has 3 rings (SSSR count). The molecule has 1 aromatic carbocycles. The Morgan fingerprint density at radius 2 is 2.11 bits per heavy atom. The maximum Gasteiger partial charge on any atom is 0.338 e. The predicted octanol–water partition coefficient (Wildman–Crippen LogP) is 5.88. The van der Waals surface area contributed by atoms with E-state index in [0.29, 0.717) is 12.5 Å². The third-order valence-corrected chi connectivity index (χ3v) is 5.58. The fourth-order valence-electron chi connectivity index (χ4n) is 3.70. The first-order valence-electron chi connectivity index (χ1n) is 9.53. The Morgan fingerprint density at radius 1 is 1.37 bits per heavy atom. The van der Waals surface area contributed by atoms with Crippen molar-refractivity contribution in [2.45, 2.75) is 52.9 Å². The molecule has 4 nitrogen and oxygen atoms in total. The molecule has 0 aliphatic heterocycles. The zero-order valence-electron chi connectivity index (χ0n) is 16.3. The minimum absolute atomic E-state index is 0.0394. The number of rotatable bonds is 6. The summed E-state index contributed by atoms with van der Waals surface area (Å²) in [5, 5.41) is 9.47. The Kier molecular flexibility index (Phi) is 5.75. The van der Waals surface area contributed by atoms with Gasteiger partial charge in [-0.1, -0.05) is 38.8 Å². The summed E-state index contributed by atoms with van der Waals surface area (Å²) in [6.07, 6.45) is 2.97. The lowest BCUT2D eigenvalue weighted by Crippen LogP contribution is -2.19. The Labute approximate surface area is 165 Å². The van der Waals surface area contributed by atoms with Crippen molar-refractivity contribution in [1.82, 2.24) is 4.98 Å². The average molecular weight is 388 g/mol. The van der Waals surface area contributed by atoms with Crippen molar-refractivity contribution in [2.75, 3.05) is 6.61 Å². The molecular weight excluding hydrogens is 362 g/mol. The SMILES string of the molecule is CCCCOc1cc2c(cc1C)-c1nc(Cl)c(C(=O)O)cc1C(C(C)C)C2. The first kappa shape index (κ1) is 19.7. The maximum absolute atomic E-state index is 11.5. The Hall–Kier alpha value is -2.07. The van der Waals surface area contributed by atoms with E-state index in [2.05, 4.69) is 37.9 Å². The van der Waals surface area contributed by atoms with Gasteiger partial charge in [0, 0.05) is 5.56 Å². The topological polar surface area (TPSA) is 59.4 Å². The maximum atomic E-state index is 11.5. The summed E-state index contributed by atoms with van der Waals surface area (Å²) in [4.78, 5) is 16.0. The van der Waals surface area contributed by atoms with Crippen LogP contribution >= 0.6 is 11.6 Å². The van der Waals surface area contributed by atoms with Gasteiger partial charge < -0.3 is 9.84 Å². The lowest BCUT2D eigenvalue weighted by molar-refractivity contribution is 0.0696. The van der Waals surface area contributed by atoms with E-state index in [1.165, 1.54) is 5.56 Å². The van der Waals surface area contributed by atoms with Crippen LogP contribution in [-0.4, -0.2) is 22.7 Å². The van der Waals surface area contributed by atoms with Gasteiger partial charge >= 0.3 is 5.97 Å². The number of aromatic carboxylic acids is 1. The van der Waals surface area contributed by atoms with Gasteiger partial charge in [-0.15, -0.1) is 0 Å². The molecule has 0 amide bonds. The molecule has 1 aliphatic rings. The normalized spacial score (nSPS) is 15.4. The van der Waals surface area contributed by atoms with E-state index in [4.69, 9.17) is 16.3 Å². The van der Waals surface area contributed by atoms with Crippen LogP contribution in [0.1, 0.15) is 66.6 Å². The molecule has 144 valence electrons. The molecule has 1 aromatic heterocycles. The van der Waals surface area contributed by atoms with Crippen molar-refractivity contribution in [2.24, 2.45) is 5.92 Å². The molecule has 2 aromatic rings. The number of benzene rings is 1. The molecule has 1 atom stereocenters. The molecule has 1 N–H and O–H groups in total. The van der Waals surface area contributed by atoms with E-state index in [-0.39, 0.29) is 16.6 Å². The van der Waals surface area contributed by atoms with E-state index in [1.807, 2.05) is 6.92 Å². The third kappa shape index (κ3) is 3.81. The van der Waals surface area contributed by atoms with Gasteiger partial charge in [-0.05, 0) is 66.5 Å². The lowest BCUT2D eigenvalue weighted by Gasteiger charge is -2.31. The van der Waals surface area contributed by atoms with Crippen LogP contribution in [0, 0.1) is 12.8 Å². The number of nitrogens with zero attached hydrogens (tertiary/aromatic N) is 1. The Morgan fingerprint density at radius 3 is 2.74 bits per heavy atom. The molecule has 1 unspecified atom stereocenters. The number of pyridine rings is 1. The number of carboxylic acid groups (broad SMARTS) is 1. The van der Waals surface area contributed by atoms with Crippen LogP contribution in [0.5, 0.6) is 5.75 Å². The smallest absolute Gasteiger partial charge is 0.338 e. The number of hydrogen-bond acceptors (Lipinski definition) is 3. The molecule has 1 aliphatic carbocycles. The summed E-state index contributed by atoms with van der Waals surface area (Å²) in [7, 11) is 0. The van der Waals surface area contributed by atoms with Gasteiger partial charge in [-0.3, -0.25) is 0 Å². The van der Waals surface area contributed by atoms with Crippen molar-refractivity contribution in [3.8, 4) is 17.0 Å². The molecule has 0 radical (unpaired) electrons. The van der Waals surface area contributed by atoms with E-state index in [1.54, 1.807) is 6.07 Å². The summed E-state index contributed by atoms with van der Waals surface area (Å²) in [6, 6.07) is 5.93. The highest BCUT2D eigenvalue weighted by molar-refractivity contribution is 6.32. The van der Waals surface area contributed by atoms with Crippen LogP contribution in [0.4, 0.5) is 0 Å². The molecule has 0 saturated heterocycles. The van der Waals surface area contributed by atoms with Gasteiger partial charge in [0.05, 0.1) is 17.9 Å². The van der Waals surface area contributed by atoms with Crippen LogP contribution in [0.15, 0.2) is 18.2 Å². The first-order valence-corrected chi connectivity index (χ1v) is 9.91. The second-order valence-electron chi connectivity index (χ2n) is 7.60. The van der Waals surface area contributed by atoms with Crippen molar-refractivity contribution >= 4 is 17.6 Å². The van der Waals surface area contributed by atoms with Gasteiger partial charge in [0.1, 0.15) is 10.9 Å². The van der Waals surface area contributed by atoms with Crippen molar-refractivity contribution < 1.29 is 14.6 Å². The highest BCUT2D eigenvalue weighted by Gasteiger charge is 2.31. The lowest BCUT2D eigenvalue weighted by atomic mass is 9.75. The van der Waals surface area contributed by atoms with Crippen molar-refractivity contribution in [3.05, 3.63) is 45.6 Å². The number of halogens is 1. The van der Waals surface area contributed by atoms with E-state index in [9.17, 15) is 9.90 Å². The quantitative estimate of drug-likeness (QED) is 0.496. The number of aromatic nitrogens is 1. The molecule has 1 heterocycles. The number of fused-ring (bicyclic) bond motifs is 3. The summed E-state index contributed by atoms with van der Waals surface area (Å²) >= 11 is 6.19. The van der Waals surface area contributed by atoms with Crippen molar-refractivity contribution in [3.63, 3.8) is 0 Å². The third-order valence-electron chi connectivity index (χ3n) is 5.29. The van der Waals surface area contributed by atoms with Crippen LogP contribution < -0.4 is 4.74 Å². The Bertz CT molecular complexity index is 876. The molecule has 5 heteroatoms. The number of aryl methyl sites for hydroxylation is 1. The fourth-order valence-corrected chi connectivity index (χ4v) is 3.92. The minimum atomic E-state index is -1.04. The van der Waals surface area contributed by atoms with Crippen molar-refractivity contribution in [1.29, 1.82) is 0 Å². The number of carbonyl (C=O) groups is 1. The highest BCUT2D eigenvalue weighted by atomic mass is 35.5. The molecule has 0 spiro atoms. The number of unbranched alkanes of at least 4 members (excludes halogenated alkanes) is 1. The molecular formula is C22H26ClNO3. The monoisotopic (exact) mass is 387 g/mol. The molecule has 0 bridgehead atoms. The second-order valence-corrected chi connectivity index (χ2v) is 7.96. The molecule has 0 fully saturated rings. The van der Waals surface area contributed by atoms with Gasteiger partial charge in [0.15, 0.2) is 0 Å². The largest absolute Gasteiger partial charge is 0.493 e. The van der Waals surface area contributed by atoms with E-state index < -0.39 is 5.97 Å². The average Bonchev–Trinajstić information content (AvgIpc) is 2.61. The summed E-state index contributed by atoms with van der Waals surface area (Å²) in [5.74, 6) is 0.426. The van der Waals surface area contributed by atoms with Crippen LogP contribution in [-0.2, 0) is 6.42 Å². The fraction of sp³-hybridized carbons (Fsp3) is 0.455. The van der Waals surface area contributed by atoms with Gasteiger partial charge in [0.25, 0.3) is 0 Å². The zero-order valence-corrected chi connectivity index (χ0v) is 17.1. The summed E-state index contributed by atoms with van der Waals surface area (Å²) in [5.41, 5.74) is 5.11. The predicted molar refractivity (Wildman–Crippen MR) is 108 cm³/mol. The number of carboxylic acids is 1. The Balaban J connectivity index is 2.13. The zero-order chi connectivity index (χ0) is 19.7. The molecule has 0 saturated carbocycles.